The predicted octanol–water partition coefficient (Wildman–Crippen LogP) is 22.6. The second-order valence-electron chi connectivity index (χ2n) is 23.8. The molecule has 15 aromatic rings. The molecular weight excluding hydrogens is 1100 g/mol. The van der Waals surface area contributed by atoms with Gasteiger partial charge in [-0.25, -0.2) is 15.0 Å². The molecule has 0 unspecified atom stereocenters. The van der Waals surface area contributed by atoms with Crippen LogP contribution in [-0.2, 0) is 5.41 Å². The van der Waals surface area contributed by atoms with Crippen LogP contribution in [0.2, 0.25) is 0 Å². The zero-order valence-corrected chi connectivity index (χ0v) is 49.8. The van der Waals surface area contributed by atoms with Crippen LogP contribution >= 0.6 is 0 Å². The molecule has 17 rings (SSSR count). The molecule has 424 valence electrons. The first-order chi connectivity index (χ1) is 45.1. The molecule has 14 aromatic carbocycles. The van der Waals surface area contributed by atoms with E-state index in [1.165, 1.54) is 83.5 Å². The highest BCUT2D eigenvalue weighted by molar-refractivity contribution is 5.96. The Kier molecular flexibility index (Phi) is 13.1. The Bertz CT molecular complexity index is 5070. The SMILES string of the molecule is c1ccc(-c2cccc(-c3ccc(-c4nc(-c5ccc(-c6cccc(-c7ccccc7)c6)cc5)nc(-c5cccc(-c6cccc(-c7cccc(-c8cccc(-c9ccc%10c(c9)C9(c%11ccccc%11-c%11ccccc%119)c9ccccc9-%10)c8)c7)c6)c5)n4)cc3)c2)cc1. The van der Waals surface area contributed by atoms with Gasteiger partial charge < -0.3 is 0 Å². The van der Waals surface area contributed by atoms with E-state index in [1.807, 2.05) is 0 Å². The van der Waals surface area contributed by atoms with E-state index in [9.17, 15) is 0 Å². The average molecular weight is 1160 g/mol. The molecule has 3 heteroatoms. The Morgan fingerprint density at radius 2 is 0.363 bits per heavy atom. The second-order valence-corrected chi connectivity index (χ2v) is 23.8. The number of nitrogens with zero attached hydrogens (tertiary/aromatic N) is 3. The van der Waals surface area contributed by atoms with Crippen LogP contribution in [-0.4, -0.2) is 15.0 Å². The molecule has 0 radical (unpaired) electrons. The third kappa shape index (κ3) is 9.51. The quantitative estimate of drug-likeness (QED) is 0.130. The van der Waals surface area contributed by atoms with Gasteiger partial charge >= 0.3 is 0 Å². The van der Waals surface area contributed by atoms with Crippen LogP contribution in [0.15, 0.2) is 346 Å². The number of aromatic nitrogens is 3. The molecule has 1 spiro atoms. The van der Waals surface area contributed by atoms with Crippen molar-refractivity contribution in [1.29, 1.82) is 0 Å². The van der Waals surface area contributed by atoms with Gasteiger partial charge in [-0.1, -0.05) is 303 Å². The van der Waals surface area contributed by atoms with Crippen molar-refractivity contribution in [3.05, 3.63) is 368 Å². The van der Waals surface area contributed by atoms with Crippen molar-refractivity contribution in [3.63, 3.8) is 0 Å². The van der Waals surface area contributed by atoms with Gasteiger partial charge in [0, 0.05) is 16.7 Å². The number of hydrogen-bond donors (Lipinski definition) is 0. The summed E-state index contributed by atoms with van der Waals surface area (Å²) in [6.45, 7) is 0. The van der Waals surface area contributed by atoms with Crippen molar-refractivity contribution in [2.75, 3.05) is 0 Å². The summed E-state index contributed by atoms with van der Waals surface area (Å²) in [6.07, 6.45) is 0. The van der Waals surface area contributed by atoms with Crippen molar-refractivity contribution in [1.82, 2.24) is 15.0 Å². The van der Waals surface area contributed by atoms with Crippen LogP contribution in [0.4, 0.5) is 0 Å². The van der Waals surface area contributed by atoms with Crippen molar-refractivity contribution in [2.45, 2.75) is 5.41 Å². The van der Waals surface area contributed by atoms with Crippen LogP contribution < -0.4 is 0 Å². The summed E-state index contributed by atoms with van der Waals surface area (Å²) in [5.74, 6) is 1.82. The standard InChI is InChI=1S/C88H57N3/c1-3-19-58(20-4-1)64-23-13-25-66(51-64)60-41-45-62(46-42-60)85-89-86(63-47-43-61(44-48-63)67-26-14-24-65(52-67)59-21-5-2-6-22-59)91-87(90-85)76-34-18-33-74(56-76)72-31-16-29-70(54-72)68-27-15-28-69(53-68)71-30-17-32-73(55-71)75-49-50-80-79-37-9-12-40-83(79)88(84(80)57-75)81-38-10-7-35-77(81)78-36-8-11-39-82(78)88/h1-57H. The van der Waals surface area contributed by atoms with E-state index in [1.54, 1.807) is 0 Å². The van der Waals surface area contributed by atoms with Gasteiger partial charge in [-0.3, -0.25) is 0 Å². The molecule has 0 fully saturated rings. The van der Waals surface area contributed by atoms with Crippen LogP contribution in [0.3, 0.4) is 0 Å². The van der Waals surface area contributed by atoms with Crippen molar-refractivity contribution in [3.8, 4) is 145 Å². The topological polar surface area (TPSA) is 38.7 Å². The van der Waals surface area contributed by atoms with Crippen molar-refractivity contribution in [2.24, 2.45) is 0 Å². The van der Waals surface area contributed by atoms with Gasteiger partial charge in [0.2, 0.25) is 0 Å². The Morgan fingerprint density at radius 3 is 0.714 bits per heavy atom. The lowest BCUT2D eigenvalue weighted by Gasteiger charge is -2.30. The van der Waals surface area contributed by atoms with Gasteiger partial charge in [0.1, 0.15) is 0 Å². The molecular formula is C88H57N3. The second kappa shape index (κ2) is 22.4. The number of hydrogen-bond acceptors (Lipinski definition) is 3. The molecule has 91 heavy (non-hydrogen) atoms. The monoisotopic (exact) mass is 1160 g/mol. The molecule has 2 aliphatic carbocycles. The van der Waals surface area contributed by atoms with Crippen LogP contribution in [0.25, 0.3) is 145 Å². The summed E-state index contributed by atoms with van der Waals surface area (Å²) in [5.41, 5.74) is 31.4. The fraction of sp³-hybridized carbons (Fsp3) is 0.0114. The predicted molar refractivity (Wildman–Crippen MR) is 376 cm³/mol. The van der Waals surface area contributed by atoms with E-state index in [4.69, 9.17) is 15.0 Å². The Balaban J connectivity index is 0.689. The van der Waals surface area contributed by atoms with Gasteiger partial charge in [-0.15, -0.1) is 0 Å². The first kappa shape index (κ1) is 53.3. The maximum atomic E-state index is 5.26. The minimum Gasteiger partial charge on any atom is -0.208 e. The van der Waals surface area contributed by atoms with E-state index >= 15 is 0 Å². The lowest BCUT2D eigenvalue weighted by molar-refractivity contribution is 0.794. The third-order valence-corrected chi connectivity index (χ3v) is 18.6. The highest BCUT2D eigenvalue weighted by Gasteiger charge is 2.51. The number of benzene rings is 14. The van der Waals surface area contributed by atoms with E-state index in [0.29, 0.717) is 17.5 Å². The summed E-state index contributed by atoms with van der Waals surface area (Å²) >= 11 is 0. The highest BCUT2D eigenvalue weighted by Crippen LogP contribution is 2.63. The summed E-state index contributed by atoms with van der Waals surface area (Å²) in [4.78, 5) is 15.7. The molecule has 0 aliphatic heterocycles. The summed E-state index contributed by atoms with van der Waals surface area (Å²) in [6, 6.07) is 125. The van der Waals surface area contributed by atoms with Gasteiger partial charge in [-0.2, -0.15) is 0 Å². The molecule has 2 aliphatic rings. The van der Waals surface area contributed by atoms with Crippen molar-refractivity contribution < 1.29 is 0 Å². The smallest absolute Gasteiger partial charge is 0.164 e. The minimum absolute atomic E-state index is 0.394. The van der Waals surface area contributed by atoms with E-state index < -0.39 is 5.41 Å². The van der Waals surface area contributed by atoms with Crippen LogP contribution in [0.5, 0.6) is 0 Å². The van der Waals surface area contributed by atoms with E-state index in [-0.39, 0.29) is 0 Å². The fourth-order valence-corrected chi connectivity index (χ4v) is 14.2. The molecule has 0 amide bonds. The van der Waals surface area contributed by atoms with Gasteiger partial charge in [0.15, 0.2) is 17.5 Å². The molecule has 3 nitrogen and oxygen atoms in total. The molecule has 1 heterocycles. The molecule has 0 saturated carbocycles. The molecule has 0 atom stereocenters. The Hall–Kier alpha value is -11.9. The number of fused-ring (bicyclic) bond motifs is 10. The Morgan fingerprint density at radius 1 is 0.143 bits per heavy atom. The summed E-state index contributed by atoms with van der Waals surface area (Å²) in [7, 11) is 0. The lowest BCUT2D eigenvalue weighted by Crippen LogP contribution is -2.25. The minimum atomic E-state index is -0.394. The molecule has 0 saturated heterocycles. The van der Waals surface area contributed by atoms with Gasteiger partial charge in [0.05, 0.1) is 5.41 Å². The number of rotatable bonds is 11. The van der Waals surface area contributed by atoms with Crippen LogP contribution in [0, 0.1) is 0 Å². The van der Waals surface area contributed by atoms with Gasteiger partial charge in [0.25, 0.3) is 0 Å². The van der Waals surface area contributed by atoms with Crippen molar-refractivity contribution >= 4 is 0 Å². The van der Waals surface area contributed by atoms with Gasteiger partial charge in [-0.05, 0) is 176 Å². The van der Waals surface area contributed by atoms with E-state index in [2.05, 4.69) is 346 Å². The highest BCUT2D eigenvalue weighted by atomic mass is 15.0. The maximum Gasteiger partial charge on any atom is 0.164 e. The normalized spacial score (nSPS) is 12.3. The largest absolute Gasteiger partial charge is 0.208 e. The summed E-state index contributed by atoms with van der Waals surface area (Å²) in [5, 5.41) is 0. The third-order valence-electron chi connectivity index (χ3n) is 18.6. The van der Waals surface area contributed by atoms with Crippen LogP contribution in [0.1, 0.15) is 22.3 Å². The summed E-state index contributed by atoms with van der Waals surface area (Å²) < 4.78 is 0. The van der Waals surface area contributed by atoms with E-state index in [0.717, 1.165) is 66.8 Å². The molecule has 1 aromatic heterocycles. The molecule has 0 bridgehead atoms. The zero-order valence-electron chi connectivity index (χ0n) is 49.8. The molecule has 0 N–H and O–H groups in total. The lowest BCUT2D eigenvalue weighted by atomic mass is 9.70. The first-order valence-corrected chi connectivity index (χ1v) is 31.2. The first-order valence-electron chi connectivity index (χ1n) is 31.2. The maximum absolute atomic E-state index is 5.26. The zero-order chi connectivity index (χ0) is 60.2. The fourth-order valence-electron chi connectivity index (χ4n) is 14.2. The average Bonchev–Trinajstić information content (AvgIpc) is 1.52. The Labute approximate surface area is 530 Å².